The van der Waals surface area contributed by atoms with E-state index in [1.807, 2.05) is 0 Å². The largest absolute Gasteiger partial charge is 0.303 e. The van der Waals surface area contributed by atoms with Crippen molar-refractivity contribution in [1.29, 1.82) is 0 Å². The van der Waals surface area contributed by atoms with E-state index in [4.69, 9.17) is 0 Å². The van der Waals surface area contributed by atoms with Gasteiger partial charge >= 0.3 is 0 Å². The number of allylic oxidation sites excluding steroid dienone is 2. The minimum Gasteiger partial charge on any atom is -0.303 e. The molecule has 0 aliphatic heterocycles. The fourth-order valence-electron chi connectivity index (χ4n) is 2.40. The maximum absolute atomic E-state index is 11.3. The van der Waals surface area contributed by atoms with Crippen LogP contribution in [0, 0.1) is 23.2 Å². The minimum atomic E-state index is -0.135. The first-order valence-electron chi connectivity index (χ1n) is 6.13. The molecular weight excluding hydrogens is 184 g/mol. The summed E-state index contributed by atoms with van der Waals surface area (Å²) in [7, 11) is 0. The average molecular weight is 208 g/mol. The van der Waals surface area contributed by atoms with Gasteiger partial charge in [0, 0.05) is 5.41 Å². The van der Waals surface area contributed by atoms with Crippen molar-refractivity contribution in [3.05, 3.63) is 12.2 Å². The van der Waals surface area contributed by atoms with Crippen LogP contribution in [0.3, 0.4) is 0 Å². The molecule has 0 radical (unpaired) electrons. The maximum Gasteiger partial charge on any atom is 0.126 e. The Labute approximate surface area is 93.9 Å². The van der Waals surface area contributed by atoms with E-state index in [2.05, 4.69) is 39.8 Å². The molecule has 0 bridgehead atoms. The van der Waals surface area contributed by atoms with Crippen molar-refractivity contribution < 1.29 is 4.79 Å². The Morgan fingerprint density at radius 1 is 1.53 bits per heavy atom. The SMILES string of the molecule is CC(C)CC[C@@H]1C=CC[C@@H](C)[C@]1(C)C=O. The smallest absolute Gasteiger partial charge is 0.126 e. The van der Waals surface area contributed by atoms with Gasteiger partial charge in [0.25, 0.3) is 0 Å². The molecule has 1 heteroatoms. The Morgan fingerprint density at radius 2 is 2.20 bits per heavy atom. The average Bonchev–Trinajstić information content (AvgIpc) is 2.20. The van der Waals surface area contributed by atoms with E-state index in [-0.39, 0.29) is 5.41 Å². The Balaban J connectivity index is 2.71. The lowest BCUT2D eigenvalue weighted by Gasteiger charge is -2.39. The lowest BCUT2D eigenvalue weighted by atomic mass is 9.64. The molecule has 0 spiro atoms. The van der Waals surface area contributed by atoms with E-state index in [0.29, 0.717) is 11.8 Å². The van der Waals surface area contributed by atoms with Crippen LogP contribution in [0.15, 0.2) is 12.2 Å². The molecular formula is C14H24O. The van der Waals surface area contributed by atoms with Crippen molar-refractivity contribution in [2.45, 2.75) is 47.0 Å². The van der Waals surface area contributed by atoms with Gasteiger partial charge in [-0.1, -0.05) is 46.3 Å². The van der Waals surface area contributed by atoms with Crippen LogP contribution in [0.1, 0.15) is 47.0 Å². The number of carbonyl (C=O) groups excluding carboxylic acids is 1. The van der Waals surface area contributed by atoms with Gasteiger partial charge in [-0.2, -0.15) is 0 Å². The highest BCUT2D eigenvalue weighted by molar-refractivity contribution is 5.61. The highest BCUT2D eigenvalue weighted by Crippen LogP contribution is 2.42. The van der Waals surface area contributed by atoms with Crippen LogP contribution in [0.25, 0.3) is 0 Å². The second kappa shape index (κ2) is 4.96. The summed E-state index contributed by atoms with van der Waals surface area (Å²) in [6.07, 6.45) is 9.11. The summed E-state index contributed by atoms with van der Waals surface area (Å²) in [5.74, 6) is 1.66. The molecule has 1 rings (SSSR count). The quantitative estimate of drug-likeness (QED) is 0.507. The third-order valence-electron chi connectivity index (χ3n) is 4.03. The molecule has 0 amide bonds. The Hall–Kier alpha value is -0.590. The van der Waals surface area contributed by atoms with Gasteiger partial charge in [0.1, 0.15) is 6.29 Å². The monoisotopic (exact) mass is 208 g/mol. The molecule has 1 nitrogen and oxygen atoms in total. The molecule has 0 fully saturated rings. The fraction of sp³-hybridized carbons (Fsp3) is 0.786. The van der Waals surface area contributed by atoms with Gasteiger partial charge in [0.2, 0.25) is 0 Å². The summed E-state index contributed by atoms with van der Waals surface area (Å²) in [5, 5.41) is 0. The van der Waals surface area contributed by atoms with Crippen molar-refractivity contribution in [3.8, 4) is 0 Å². The minimum absolute atomic E-state index is 0.135. The molecule has 86 valence electrons. The van der Waals surface area contributed by atoms with Crippen molar-refractivity contribution in [2.75, 3.05) is 0 Å². The van der Waals surface area contributed by atoms with E-state index >= 15 is 0 Å². The Kier molecular flexibility index (Phi) is 4.12. The van der Waals surface area contributed by atoms with Crippen molar-refractivity contribution in [2.24, 2.45) is 23.2 Å². The van der Waals surface area contributed by atoms with Crippen LogP contribution in [-0.4, -0.2) is 6.29 Å². The van der Waals surface area contributed by atoms with Gasteiger partial charge in [0.15, 0.2) is 0 Å². The third kappa shape index (κ3) is 2.70. The van der Waals surface area contributed by atoms with Crippen LogP contribution >= 0.6 is 0 Å². The predicted molar refractivity (Wildman–Crippen MR) is 64.7 cm³/mol. The summed E-state index contributed by atoms with van der Waals surface area (Å²) in [5.41, 5.74) is -0.135. The van der Waals surface area contributed by atoms with E-state index in [9.17, 15) is 4.79 Å². The summed E-state index contributed by atoms with van der Waals surface area (Å²) < 4.78 is 0. The zero-order chi connectivity index (χ0) is 11.5. The second-order valence-corrected chi connectivity index (χ2v) is 5.63. The Morgan fingerprint density at radius 3 is 2.73 bits per heavy atom. The normalized spacial score (nSPS) is 35.8. The van der Waals surface area contributed by atoms with Crippen LogP contribution in [0.4, 0.5) is 0 Å². The number of carbonyl (C=O) groups is 1. The zero-order valence-electron chi connectivity index (χ0n) is 10.5. The van der Waals surface area contributed by atoms with Crippen molar-refractivity contribution >= 4 is 6.29 Å². The topological polar surface area (TPSA) is 17.1 Å². The molecule has 1 aliphatic carbocycles. The third-order valence-corrected chi connectivity index (χ3v) is 4.03. The predicted octanol–water partition coefficient (Wildman–Crippen LogP) is 3.84. The summed E-state index contributed by atoms with van der Waals surface area (Å²) >= 11 is 0. The lowest BCUT2D eigenvalue weighted by molar-refractivity contribution is -0.120. The van der Waals surface area contributed by atoms with E-state index in [1.54, 1.807) is 0 Å². The maximum atomic E-state index is 11.3. The Bertz CT molecular complexity index is 242. The van der Waals surface area contributed by atoms with Crippen LogP contribution in [0.2, 0.25) is 0 Å². The van der Waals surface area contributed by atoms with E-state index in [0.717, 1.165) is 18.8 Å². The summed E-state index contributed by atoms with van der Waals surface area (Å²) in [6, 6.07) is 0. The molecule has 0 aromatic heterocycles. The fourth-order valence-corrected chi connectivity index (χ4v) is 2.40. The van der Waals surface area contributed by atoms with Gasteiger partial charge in [-0.3, -0.25) is 0 Å². The number of hydrogen-bond donors (Lipinski definition) is 0. The molecule has 0 unspecified atom stereocenters. The molecule has 0 N–H and O–H groups in total. The van der Waals surface area contributed by atoms with Gasteiger partial charge in [-0.15, -0.1) is 0 Å². The molecule has 0 saturated heterocycles. The molecule has 15 heavy (non-hydrogen) atoms. The second-order valence-electron chi connectivity index (χ2n) is 5.63. The lowest BCUT2D eigenvalue weighted by Crippen LogP contribution is -2.37. The van der Waals surface area contributed by atoms with Crippen molar-refractivity contribution in [1.82, 2.24) is 0 Å². The molecule has 0 aromatic carbocycles. The molecule has 0 aromatic rings. The highest BCUT2D eigenvalue weighted by atomic mass is 16.1. The summed E-state index contributed by atoms with van der Waals surface area (Å²) in [4.78, 5) is 11.3. The first-order valence-corrected chi connectivity index (χ1v) is 6.13. The number of hydrogen-bond acceptors (Lipinski definition) is 1. The van der Waals surface area contributed by atoms with Gasteiger partial charge in [-0.05, 0) is 30.6 Å². The standard InChI is InChI=1S/C14H24O/c1-11(2)8-9-13-7-5-6-12(3)14(13,4)10-15/h5,7,10-13H,6,8-9H2,1-4H3/t12-,13+,14+/m1/s1. The van der Waals surface area contributed by atoms with Gasteiger partial charge < -0.3 is 4.79 Å². The number of aldehydes is 1. The van der Waals surface area contributed by atoms with Crippen LogP contribution < -0.4 is 0 Å². The first kappa shape index (κ1) is 12.5. The van der Waals surface area contributed by atoms with Gasteiger partial charge in [0.05, 0.1) is 0 Å². The van der Waals surface area contributed by atoms with Crippen LogP contribution in [-0.2, 0) is 4.79 Å². The molecule has 0 saturated carbocycles. The van der Waals surface area contributed by atoms with Crippen molar-refractivity contribution in [3.63, 3.8) is 0 Å². The molecule has 0 heterocycles. The molecule has 1 aliphatic rings. The van der Waals surface area contributed by atoms with Crippen LogP contribution in [0.5, 0.6) is 0 Å². The van der Waals surface area contributed by atoms with E-state index < -0.39 is 0 Å². The van der Waals surface area contributed by atoms with E-state index in [1.165, 1.54) is 12.7 Å². The zero-order valence-corrected chi connectivity index (χ0v) is 10.5. The summed E-state index contributed by atoms with van der Waals surface area (Å²) in [6.45, 7) is 8.81. The molecule has 3 atom stereocenters. The highest BCUT2D eigenvalue weighted by Gasteiger charge is 2.38. The van der Waals surface area contributed by atoms with Gasteiger partial charge in [-0.25, -0.2) is 0 Å². The number of rotatable bonds is 4. The first-order chi connectivity index (χ1) is 7.00.